The van der Waals surface area contributed by atoms with Crippen molar-refractivity contribution in [3.05, 3.63) is 59.7 Å². The summed E-state index contributed by atoms with van der Waals surface area (Å²) in [5.74, 6) is 3.02. The van der Waals surface area contributed by atoms with E-state index in [-0.39, 0.29) is 42.1 Å². The Hall–Kier alpha value is -1.36. The molecule has 2 aromatic carbocycles. The summed E-state index contributed by atoms with van der Waals surface area (Å²) in [4.78, 5) is 25.3. The van der Waals surface area contributed by atoms with E-state index in [4.69, 9.17) is 9.84 Å². The Balaban J connectivity index is 0.000000171. The predicted octanol–water partition coefficient (Wildman–Crippen LogP) is 1.72. The maximum atomic E-state index is 11.8. The molecule has 0 spiro atoms. The fraction of sp³-hybridized carbons (Fsp3) is 0.417. The van der Waals surface area contributed by atoms with Crippen LogP contribution in [0.2, 0.25) is 0 Å². The molecule has 0 aromatic heterocycles. The minimum Gasteiger partial charge on any atom is -0.870 e. The molecule has 4 aliphatic rings. The molecule has 4 unspecified atom stereocenters. The zero-order chi connectivity index (χ0) is 20.8. The summed E-state index contributed by atoms with van der Waals surface area (Å²) in [6, 6.07) is 16.6. The SMILES string of the molecule is CCOC(=O)[C@@H]1C2CSc3ccccc3C21.O=C(O)[C@@H]1C2CSc3ccccc3C21.[Li+].[OH-]. The zero-order valence-electron chi connectivity index (χ0n) is 18.1. The van der Waals surface area contributed by atoms with Crippen LogP contribution in [0.5, 0.6) is 0 Å². The number of carboxylic acid groups (broad SMARTS) is 1. The van der Waals surface area contributed by atoms with Crippen molar-refractivity contribution >= 4 is 35.5 Å². The normalized spacial score (nSPS) is 29.5. The van der Waals surface area contributed by atoms with Crippen molar-refractivity contribution in [3.8, 4) is 0 Å². The van der Waals surface area contributed by atoms with Gasteiger partial charge in [-0.05, 0) is 42.0 Å². The summed E-state index contributed by atoms with van der Waals surface area (Å²) in [6.07, 6.45) is 0. The summed E-state index contributed by atoms with van der Waals surface area (Å²) < 4.78 is 5.12. The Labute approximate surface area is 208 Å². The van der Waals surface area contributed by atoms with Crippen LogP contribution in [0.15, 0.2) is 58.3 Å². The number of aliphatic carboxylic acids is 1. The topological polar surface area (TPSA) is 93.6 Å². The number of rotatable bonds is 3. The molecule has 6 rings (SSSR count). The molecule has 2 N–H and O–H groups in total. The van der Waals surface area contributed by atoms with Crippen LogP contribution in [0.4, 0.5) is 0 Å². The van der Waals surface area contributed by atoms with Gasteiger partial charge in [-0.3, -0.25) is 9.59 Å². The molecule has 8 heteroatoms. The maximum Gasteiger partial charge on any atom is 1.00 e. The average molecular weight is 465 g/mol. The molecule has 2 saturated carbocycles. The third-order valence-corrected chi connectivity index (χ3v) is 9.07. The summed E-state index contributed by atoms with van der Waals surface area (Å²) in [7, 11) is 0. The van der Waals surface area contributed by atoms with Crippen LogP contribution in [-0.4, -0.2) is 40.6 Å². The van der Waals surface area contributed by atoms with E-state index in [2.05, 4.69) is 36.4 Å². The Bertz CT molecular complexity index is 1000. The Morgan fingerprint density at radius 1 is 0.906 bits per heavy atom. The maximum absolute atomic E-state index is 11.8. The summed E-state index contributed by atoms with van der Waals surface area (Å²) in [5.41, 5.74) is 2.60. The van der Waals surface area contributed by atoms with Gasteiger partial charge in [-0.2, -0.15) is 0 Å². The molecular weight excluding hydrogens is 439 g/mol. The zero-order valence-corrected chi connectivity index (χ0v) is 19.8. The van der Waals surface area contributed by atoms with Crippen molar-refractivity contribution in [2.75, 3.05) is 18.1 Å². The summed E-state index contributed by atoms with van der Waals surface area (Å²) in [6.45, 7) is 2.36. The van der Waals surface area contributed by atoms with Crippen molar-refractivity contribution in [3.63, 3.8) is 0 Å². The van der Waals surface area contributed by atoms with Crippen LogP contribution in [0.25, 0.3) is 0 Å². The molecular formula is C24H25LiO5S2. The van der Waals surface area contributed by atoms with E-state index in [0.29, 0.717) is 30.3 Å². The number of thioether (sulfide) groups is 2. The molecule has 32 heavy (non-hydrogen) atoms. The Kier molecular flexibility index (Phi) is 8.11. The van der Waals surface area contributed by atoms with Crippen molar-refractivity contribution in [2.45, 2.75) is 28.6 Å². The second kappa shape index (κ2) is 10.3. The van der Waals surface area contributed by atoms with Crippen molar-refractivity contribution in [1.82, 2.24) is 0 Å². The number of fused-ring (bicyclic) bond motifs is 6. The van der Waals surface area contributed by atoms with Crippen molar-refractivity contribution < 1.29 is 43.8 Å². The number of carbonyl (C=O) groups excluding carboxylic acids is 1. The second-order valence-electron chi connectivity index (χ2n) is 8.22. The molecule has 5 nitrogen and oxygen atoms in total. The molecule has 6 atom stereocenters. The van der Waals surface area contributed by atoms with Crippen molar-refractivity contribution in [1.29, 1.82) is 0 Å². The average Bonchev–Trinajstić information content (AvgIpc) is 3.66. The van der Waals surface area contributed by atoms with Gasteiger partial charge < -0.3 is 15.3 Å². The monoisotopic (exact) mass is 464 g/mol. The molecule has 0 amide bonds. The molecule has 0 radical (unpaired) electrons. The van der Waals surface area contributed by atoms with E-state index >= 15 is 0 Å². The van der Waals surface area contributed by atoms with Gasteiger partial charge in [0.05, 0.1) is 18.4 Å². The van der Waals surface area contributed by atoms with Gasteiger partial charge in [0, 0.05) is 33.1 Å². The van der Waals surface area contributed by atoms with E-state index in [1.165, 1.54) is 20.9 Å². The second-order valence-corrected chi connectivity index (χ2v) is 10.3. The molecule has 2 heterocycles. The number of ether oxygens (including phenoxy) is 1. The summed E-state index contributed by atoms with van der Waals surface area (Å²) >= 11 is 3.67. The Morgan fingerprint density at radius 3 is 1.88 bits per heavy atom. The number of carbonyl (C=O) groups is 2. The van der Waals surface area contributed by atoms with Crippen LogP contribution in [-0.2, 0) is 14.3 Å². The van der Waals surface area contributed by atoms with Crippen LogP contribution in [0.3, 0.4) is 0 Å². The first-order valence-electron chi connectivity index (χ1n) is 10.4. The van der Waals surface area contributed by atoms with Crippen LogP contribution in [0.1, 0.15) is 29.9 Å². The van der Waals surface area contributed by atoms with Gasteiger partial charge in [-0.25, -0.2) is 0 Å². The molecule has 2 aromatic rings. The third-order valence-electron chi connectivity index (χ3n) is 6.60. The summed E-state index contributed by atoms with van der Waals surface area (Å²) in [5, 5.41) is 9.00. The van der Waals surface area contributed by atoms with Gasteiger partial charge in [-0.15, -0.1) is 23.5 Å². The first-order chi connectivity index (χ1) is 14.6. The predicted molar refractivity (Wildman–Crippen MR) is 120 cm³/mol. The molecule has 164 valence electrons. The number of carboxylic acids is 1. The first kappa shape index (κ1) is 25.3. The molecule has 0 bridgehead atoms. The molecule has 2 aliphatic heterocycles. The van der Waals surface area contributed by atoms with Crippen LogP contribution < -0.4 is 18.9 Å². The number of benzene rings is 2. The van der Waals surface area contributed by atoms with Gasteiger partial charge in [0.1, 0.15) is 0 Å². The number of hydrogen-bond donors (Lipinski definition) is 1. The van der Waals surface area contributed by atoms with E-state index in [1.54, 1.807) is 11.8 Å². The van der Waals surface area contributed by atoms with Crippen molar-refractivity contribution in [2.24, 2.45) is 23.7 Å². The van der Waals surface area contributed by atoms with Gasteiger partial charge in [0.2, 0.25) is 0 Å². The largest absolute Gasteiger partial charge is 1.00 e. The van der Waals surface area contributed by atoms with Gasteiger partial charge >= 0.3 is 30.8 Å². The van der Waals surface area contributed by atoms with E-state index in [1.807, 2.05) is 30.8 Å². The smallest absolute Gasteiger partial charge is 0.870 e. The minimum absolute atomic E-state index is 0. The quantitative estimate of drug-likeness (QED) is 0.546. The van der Waals surface area contributed by atoms with Crippen LogP contribution in [0, 0.1) is 23.7 Å². The standard InChI is InChI=1S/C13H14O2S.C11H10O2S.Li.H2O/c1-2-15-13(14)12-9-7-16-10-6-4-3-5-8(10)11(9)12;12-11(13)10-7-5-14-8-4-2-1-3-6(8)9(7)10;;/h3-6,9,11-12H,2,7H2,1H3;1-4,7,9-10H,5H2,(H,12,13);;1H2/q;;+1;/p-1/t9?,11?,12-;7?,9?,10-;;/m11../s1. The number of hydrogen-bond acceptors (Lipinski definition) is 6. The van der Waals surface area contributed by atoms with E-state index in [0.717, 1.165) is 11.5 Å². The van der Waals surface area contributed by atoms with Gasteiger partial charge in [0.25, 0.3) is 0 Å². The first-order valence-corrected chi connectivity index (χ1v) is 12.4. The minimum atomic E-state index is -0.627. The van der Waals surface area contributed by atoms with Gasteiger partial charge in [-0.1, -0.05) is 36.4 Å². The van der Waals surface area contributed by atoms with E-state index < -0.39 is 5.97 Å². The third kappa shape index (κ3) is 4.51. The fourth-order valence-electron chi connectivity index (χ4n) is 5.05. The van der Waals surface area contributed by atoms with Gasteiger partial charge in [0.15, 0.2) is 0 Å². The van der Waals surface area contributed by atoms with E-state index in [9.17, 15) is 9.59 Å². The molecule has 2 aliphatic carbocycles. The van der Waals surface area contributed by atoms with Crippen LogP contribution >= 0.6 is 23.5 Å². The molecule has 0 saturated heterocycles. The Morgan fingerprint density at radius 2 is 1.38 bits per heavy atom. The molecule has 2 fully saturated rings. The number of esters is 1. The fourth-order valence-corrected chi connectivity index (χ4v) is 7.72.